The zero-order valence-electron chi connectivity index (χ0n) is 15.5. The van der Waals surface area contributed by atoms with Gasteiger partial charge >= 0.3 is 0 Å². The molecule has 0 spiro atoms. The van der Waals surface area contributed by atoms with Crippen molar-refractivity contribution in [2.24, 2.45) is 17.3 Å². The van der Waals surface area contributed by atoms with Gasteiger partial charge in [-0.05, 0) is 62.4 Å². The molecule has 0 aromatic heterocycles. The van der Waals surface area contributed by atoms with Crippen LogP contribution in [-0.2, 0) is 0 Å². The SMILES string of the molecule is CCC(CC)(CNCC(C)C)CN(CCC(C)C)C1CC1. The molecule has 0 aromatic rings. The summed E-state index contributed by atoms with van der Waals surface area (Å²) in [5.74, 6) is 1.57. The Labute approximate surface area is 134 Å². The van der Waals surface area contributed by atoms with Crippen LogP contribution in [-0.4, -0.2) is 37.1 Å². The fourth-order valence-electron chi connectivity index (χ4n) is 3.09. The minimum atomic E-state index is 0.467. The zero-order valence-corrected chi connectivity index (χ0v) is 15.5. The first-order chi connectivity index (χ1) is 9.92. The lowest BCUT2D eigenvalue weighted by Gasteiger charge is -2.38. The van der Waals surface area contributed by atoms with Gasteiger partial charge in [-0.1, -0.05) is 41.5 Å². The summed E-state index contributed by atoms with van der Waals surface area (Å²) < 4.78 is 0. The van der Waals surface area contributed by atoms with Gasteiger partial charge in [-0.25, -0.2) is 0 Å². The molecule has 0 bridgehead atoms. The van der Waals surface area contributed by atoms with E-state index >= 15 is 0 Å². The van der Waals surface area contributed by atoms with E-state index in [-0.39, 0.29) is 0 Å². The highest BCUT2D eigenvalue weighted by molar-refractivity contribution is 4.90. The second-order valence-electron chi connectivity index (χ2n) is 8.12. The van der Waals surface area contributed by atoms with E-state index < -0.39 is 0 Å². The maximum absolute atomic E-state index is 3.73. The van der Waals surface area contributed by atoms with E-state index in [0.29, 0.717) is 5.41 Å². The monoisotopic (exact) mass is 296 g/mol. The van der Waals surface area contributed by atoms with Gasteiger partial charge in [0, 0.05) is 19.1 Å². The molecule has 1 rings (SSSR count). The molecule has 21 heavy (non-hydrogen) atoms. The molecule has 2 nitrogen and oxygen atoms in total. The van der Waals surface area contributed by atoms with Gasteiger partial charge in [0.15, 0.2) is 0 Å². The van der Waals surface area contributed by atoms with Crippen molar-refractivity contribution in [1.82, 2.24) is 10.2 Å². The van der Waals surface area contributed by atoms with Gasteiger partial charge in [-0.15, -0.1) is 0 Å². The predicted octanol–water partition coefficient (Wildman–Crippen LogP) is 4.55. The molecular formula is C19H40N2. The zero-order chi connectivity index (χ0) is 15.9. The normalized spacial score (nSPS) is 16.4. The molecule has 1 aliphatic rings. The molecular weight excluding hydrogens is 256 g/mol. The average molecular weight is 297 g/mol. The first-order valence-corrected chi connectivity index (χ1v) is 9.37. The molecule has 0 aliphatic heterocycles. The molecule has 0 saturated heterocycles. The first kappa shape index (κ1) is 19.0. The standard InChI is InChI=1S/C19H40N2/c1-7-19(8-2,14-20-13-17(5)6)15-21(18-9-10-18)12-11-16(3)4/h16-18,20H,7-15H2,1-6H3. The van der Waals surface area contributed by atoms with Gasteiger partial charge in [0.1, 0.15) is 0 Å². The smallest absolute Gasteiger partial charge is 0.00966 e. The topological polar surface area (TPSA) is 15.3 Å². The van der Waals surface area contributed by atoms with Crippen LogP contribution in [0.3, 0.4) is 0 Å². The van der Waals surface area contributed by atoms with Crippen LogP contribution in [0.5, 0.6) is 0 Å². The maximum Gasteiger partial charge on any atom is 0.00966 e. The number of rotatable bonds is 12. The summed E-state index contributed by atoms with van der Waals surface area (Å²) in [5, 5.41) is 3.73. The summed E-state index contributed by atoms with van der Waals surface area (Å²) in [7, 11) is 0. The largest absolute Gasteiger partial charge is 0.316 e. The Morgan fingerprint density at radius 3 is 2.10 bits per heavy atom. The Morgan fingerprint density at radius 2 is 1.67 bits per heavy atom. The van der Waals surface area contributed by atoms with E-state index in [1.54, 1.807) is 0 Å². The third kappa shape index (κ3) is 7.15. The lowest BCUT2D eigenvalue weighted by atomic mass is 9.81. The molecule has 0 heterocycles. The molecule has 0 aromatic carbocycles. The highest BCUT2D eigenvalue weighted by Gasteiger charge is 2.35. The Morgan fingerprint density at radius 1 is 1.05 bits per heavy atom. The van der Waals surface area contributed by atoms with Gasteiger partial charge < -0.3 is 5.32 Å². The fourth-order valence-corrected chi connectivity index (χ4v) is 3.09. The van der Waals surface area contributed by atoms with Crippen molar-refractivity contribution in [2.45, 2.75) is 79.7 Å². The molecule has 0 amide bonds. The molecule has 1 fully saturated rings. The molecule has 0 unspecified atom stereocenters. The van der Waals surface area contributed by atoms with Crippen LogP contribution in [0.25, 0.3) is 0 Å². The van der Waals surface area contributed by atoms with Gasteiger partial charge in [0.2, 0.25) is 0 Å². The van der Waals surface area contributed by atoms with Gasteiger partial charge in [0.05, 0.1) is 0 Å². The lowest BCUT2D eigenvalue weighted by molar-refractivity contribution is 0.122. The van der Waals surface area contributed by atoms with Crippen molar-refractivity contribution in [3.8, 4) is 0 Å². The molecule has 0 radical (unpaired) electrons. The number of hydrogen-bond acceptors (Lipinski definition) is 2. The van der Waals surface area contributed by atoms with Crippen LogP contribution in [0, 0.1) is 17.3 Å². The summed E-state index contributed by atoms with van der Waals surface area (Å²) in [6.45, 7) is 19.0. The van der Waals surface area contributed by atoms with E-state index in [0.717, 1.165) is 24.4 Å². The van der Waals surface area contributed by atoms with Crippen molar-refractivity contribution < 1.29 is 0 Å². The minimum Gasteiger partial charge on any atom is -0.316 e. The highest BCUT2D eigenvalue weighted by atomic mass is 15.2. The van der Waals surface area contributed by atoms with E-state index in [1.807, 2.05) is 0 Å². The van der Waals surface area contributed by atoms with Crippen molar-refractivity contribution in [2.75, 3.05) is 26.2 Å². The quantitative estimate of drug-likeness (QED) is 0.568. The minimum absolute atomic E-state index is 0.467. The van der Waals surface area contributed by atoms with Gasteiger partial charge in [-0.3, -0.25) is 4.90 Å². The Balaban J connectivity index is 2.55. The molecule has 1 aliphatic carbocycles. The van der Waals surface area contributed by atoms with Crippen LogP contribution in [0.2, 0.25) is 0 Å². The molecule has 1 N–H and O–H groups in total. The van der Waals surface area contributed by atoms with Crippen molar-refractivity contribution >= 4 is 0 Å². The van der Waals surface area contributed by atoms with E-state index in [4.69, 9.17) is 0 Å². The van der Waals surface area contributed by atoms with Crippen molar-refractivity contribution in [3.63, 3.8) is 0 Å². The number of nitrogens with zero attached hydrogens (tertiary/aromatic N) is 1. The molecule has 126 valence electrons. The Bertz CT molecular complexity index is 265. The Kier molecular flexibility index (Phi) is 8.26. The second kappa shape index (κ2) is 9.15. The van der Waals surface area contributed by atoms with Gasteiger partial charge in [0.25, 0.3) is 0 Å². The van der Waals surface area contributed by atoms with E-state index in [1.165, 1.54) is 51.7 Å². The van der Waals surface area contributed by atoms with E-state index in [2.05, 4.69) is 51.8 Å². The van der Waals surface area contributed by atoms with Crippen LogP contribution in [0.15, 0.2) is 0 Å². The third-order valence-corrected chi connectivity index (χ3v) is 5.15. The molecule has 1 saturated carbocycles. The fraction of sp³-hybridized carbons (Fsp3) is 1.00. The molecule has 0 atom stereocenters. The van der Waals surface area contributed by atoms with E-state index in [9.17, 15) is 0 Å². The average Bonchev–Trinajstić information content (AvgIpc) is 3.25. The number of nitrogens with one attached hydrogen (secondary N) is 1. The maximum atomic E-state index is 3.73. The van der Waals surface area contributed by atoms with Crippen molar-refractivity contribution in [3.05, 3.63) is 0 Å². The van der Waals surface area contributed by atoms with Crippen LogP contribution < -0.4 is 5.32 Å². The third-order valence-electron chi connectivity index (χ3n) is 5.15. The first-order valence-electron chi connectivity index (χ1n) is 9.37. The van der Waals surface area contributed by atoms with Crippen LogP contribution >= 0.6 is 0 Å². The summed E-state index contributed by atoms with van der Waals surface area (Å²) >= 11 is 0. The highest BCUT2D eigenvalue weighted by Crippen LogP contribution is 2.34. The summed E-state index contributed by atoms with van der Waals surface area (Å²) in [6, 6.07) is 0.895. The summed E-state index contributed by atoms with van der Waals surface area (Å²) in [6.07, 6.45) is 6.79. The Hall–Kier alpha value is -0.0800. The van der Waals surface area contributed by atoms with Gasteiger partial charge in [-0.2, -0.15) is 0 Å². The second-order valence-corrected chi connectivity index (χ2v) is 8.12. The lowest BCUT2D eigenvalue weighted by Crippen LogP contribution is -2.45. The molecule has 2 heteroatoms. The van der Waals surface area contributed by atoms with Crippen molar-refractivity contribution in [1.29, 1.82) is 0 Å². The van der Waals surface area contributed by atoms with Crippen LogP contribution in [0.1, 0.15) is 73.6 Å². The summed E-state index contributed by atoms with van der Waals surface area (Å²) in [5.41, 5.74) is 0.467. The van der Waals surface area contributed by atoms with Crippen LogP contribution in [0.4, 0.5) is 0 Å². The number of hydrogen-bond donors (Lipinski definition) is 1. The summed E-state index contributed by atoms with van der Waals surface area (Å²) in [4.78, 5) is 2.81. The predicted molar refractivity (Wildman–Crippen MR) is 94.8 cm³/mol.